The van der Waals surface area contributed by atoms with Gasteiger partial charge in [0.2, 0.25) is 0 Å². The van der Waals surface area contributed by atoms with Crippen LogP contribution in [-0.2, 0) is 4.74 Å². The summed E-state index contributed by atoms with van der Waals surface area (Å²) in [7, 11) is 0. The number of hydrogen-bond donors (Lipinski definition) is 1. The number of H-pyrrole nitrogens is 1. The van der Waals surface area contributed by atoms with Crippen molar-refractivity contribution in [2.75, 3.05) is 26.2 Å². The number of carbonyl (C=O) groups is 1. The number of aromatic nitrogens is 3. The van der Waals surface area contributed by atoms with Crippen LogP contribution >= 0.6 is 11.6 Å². The Morgan fingerprint density at radius 3 is 2.74 bits per heavy atom. The van der Waals surface area contributed by atoms with Crippen molar-refractivity contribution in [3.8, 4) is 0 Å². The molecule has 11 heteroatoms. The van der Waals surface area contributed by atoms with Gasteiger partial charge in [-0.05, 0) is 72.8 Å². The molecule has 2 unspecified atom stereocenters. The van der Waals surface area contributed by atoms with Crippen LogP contribution in [0.25, 0.3) is 22.1 Å². The Balaban J connectivity index is 1.56. The number of nitrogens with zero attached hydrogens (tertiary/aromatic N) is 7. The molecule has 2 atom stereocenters. The lowest BCUT2D eigenvalue weighted by atomic mass is 9.90. The summed E-state index contributed by atoms with van der Waals surface area (Å²) in [5, 5.41) is 4.71. The zero-order valence-electron chi connectivity index (χ0n) is 21.5. The molecule has 1 saturated heterocycles. The highest BCUT2D eigenvalue weighted by molar-refractivity contribution is 6.30. The van der Waals surface area contributed by atoms with E-state index < -0.39 is 11.6 Å². The van der Waals surface area contributed by atoms with Crippen molar-refractivity contribution in [1.82, 2.24) is 24.8 Å². The van der Waals surface area contributed by atoms with Crippen molar-refractivity contribution in [3.05, 3.63) is 92.6 Å². The van der Waals surface area contributed by atoms with Gasteiger partial charge in [-0.2, -0.15) is 0 Å². The highest BCUT2D eigenvalue weighted by Crippen LogP contribution is 2.45. The molecule has 0 spiro atoms. The van der Waals surface area contributed by atoms with Gasteiger partial charge in [0.1, 0.15) is 11.6 Å². The van der Waals surface area contributed by atoms with Gasteiger partial charge in [0.05, 0.1) is 18.1 Å². The summed E-state index contributed by atoms with van der Waals surface area (Å²) < 4.78 is 5.59. The monoisotopic (exact) mass is 532 g/mol. The summed E-state index contributed by atoms with van der Waals surface area (Å²) >= 11 is 6.52. The van der Waals surface area contributed by atoms with Crippen LogP contribution < -0.4 is 0 Å². The zero-order valence-corrected chi connectivity index (χ0v) is 22.3. The Morgan fingerprint density at radius 1 is 1.26 bits per heavy atom. The summed E-state index contributed by atoms with van der Waals surface area (Å²) in [6.45, 7) is 7.95. The Kier molecular flexibility index (Phi) is 7.12. The molecule has 0 radical (unpaired) electrons. The fraction of sp³-hybridized carbons (Fsp3) is 0.370. The van der Waals surface area contributed by atoms with E-state index in [4.69, 9.17) is 21.3 Å². The molecule has 3 heterocycles. The lowest BCUT2D eigenvalue weighted by molar-refractivity contribution is 0.0118. The lowest BCUT2D eigenvalue weighted by Crippen LogP contribution is -2.51. The molecule has 1 aliphatic heterocycles. The van der Waals surface area contributed by atoms with Crippen molar-refractivity contribution < 1.29 is 9.53 Å². The fourth-order valence-electron chi connectivity index (χ4n) is 5.03. The molecule has 2 aliphatic rings. The van der Waals surface area contributed by atoms with Crippen molar-refractivity contribution in [3.63, 3.8) is 0 Å². The second-order valence-electron chi connectivity index (χ2n) is 10.3. The maximum absolute atomic E-state index is 12.7. The Morgan fingerprint density at radius 2 is 2.05 bits per heavy atom. The van der Waals surface area contributed by atoms with Crippen molar-refractivity contribution in [2.45, 2.75) is 38.5 Å². The quantitative estimate of drug-likeness (QED) is 0.250. The number of ether oxygens (including phenoxy) is 1. The Bertz CT molecular complexity index is 1400. The highest BCUT2D eigenvalue weighted by Gasteiger charge is 2.36. The number of hydrogen-bond acceptors (Lipinski definition) is 6. The maximum atomic E-state index is 12.7. The van der Waals surface area contributed by atoms with Crippen LogP contribution in [0.1, 0.15) is 60.9 Å². The second kappa shape index (κ2) is 10.5. The molecule has 1 aliphatic carbocycles. The number of halogens is 1. The fourth-order valence-corrected chi connectivity index (χ4v) is 5.21. The van der Waals surface area contributed by atoms with E-state index in [1.54, 1.807) is 23.6 Å². The van der Waals surface area contributed by atoms with Crippen LogP contribution in [-0.4, -0.2) is 62.6 Å². The van der Waals surface area contributed by atoms with Gasteiger partial charge in [-0.25, -0.2) is 9.78 Å². The van der Waals surface area contributed by atoms with Gasteiger partial charge in [0.15, 0.2) is 0 Å². The molecule has 1 N–H and O–H groups in total. The second-order valence-corrected chi connectivity index (χ2v) is 10.8. The Hall–Kier alpha value is -3.85. The maximum Gasteiger partial charge on any atom is 0.410 e. The number of amides is 1. The number of nitrogens with one attached hydrogen (secondary N) is 1. The molecule has 1 amide bonds. The van der Waals surface area contributed by atoms with Gasteiger partial charge >= 0.3 is 6.09 Å². The van der Waals surface area contributed by atoms with E-state index in [9.17, 15) is 10.3 Å². The number of rotatable bonds is 4. The molecule has 5 rings (SSSR count). The first-order valence-electron chi connectivity index (χ1n) is 12.5. The molecule has 0 bridgehead atoms. The van der Waals surface area contributed by atoms with Crippen molar-refractivity contribution in [2.24, 2.45) is 5.11 Å². The third-order valence-corrected chi connectivity index (χ3v) is 6.90. The third-order valence-electron chi connectivity index (χ3n) is 6.67. The average molecular weight is 533 g/mol. The number of azide groups is 1. The van der Waals surface area contributed by atoms with Crippen molar-refractivity contribution in [1.29, 1.82) is 0 Å². The van der Waals surface area contributed by atoms with Gasteiger partial charge in [-0.1, -0.05) is 28.8 Å². The molecule has 196 valence electrons. The standard InChI is InChI=1S/C27H29ClN8O2/c1-27(2,3)38-26(37)36-11-9-35(10-12-36)25-19-7-6-18(28)14-20(19)21(13-17-5-4-8-31-23(17)25)24(33-34-29)22-15-30-16-32-22/h4-8,13-16,24-25H,9-12H2,1-3H3,(H,30,32). The number of aromatic amines is 1. The minimum absolute atomic E-state index is 0.193. The minimum Gasteiger partial charge on any atom is -0.444 e. The van der Waals surface area contributed by atoms with E-state index in [1.165, 1.54) is 0 Å². The molecule has 10 nitrogen and oxygen atoms in total. The summed E-state index contributed by atoms with van der Waals surface area (Å²) in [6, 6.07) is 8.87. The number of benzene rings is 1. The van der Waals surface area contributed by atoms with Crippen molar-refractivity contribution >= 4 is 29.3 Å². The topological polar surface area (TPSA) is 123 Å². The lowest BCUT2D eigenvalue weighted by Gasteiger charge is -2.40. The van der Waals surface area contributed by atoms with E-state index in [2.05, 4.69) is 24.9 Å². The number of imidazole rings is 1. The summed E-state index contributed by atoms with van der Waals surface area (Å²) in [4.78, 5) is 31.9. The number of pyridine rings is 1. The normalized spacial score (nSPS) is 18.4. The first-order chi connectivity index (χ1) is 18.2. The van der Waals surface area contributed by atoms with Gasteiger partial charge in [-0.3, -0.25) is 9.88 Å². The smallest absolute Gasteiger partial charge is 0.410 e. The molecule has 3 aromatic rings. The van der Waals surface area contributed by atoms with E-state index in [0.717, 1.165) is 28.0 Å². The van der Waals surface area contributed by atoms with Crippen LogP contribution in [0.15, 0.2) is 54.2 Å². The number of fused-ring (bicyclic) bond motifs is 2. The summed E-state index contributed by atoms with van der Waals surface area (Å²) in [5.74, 6) is 0. The predicted octanol–water partition coefficient (Wildman–Crippen LogP) is 6.01. The third kappa shape index (κ3) is 5.24. The van der Waals surface area contributed by atoms with Crippen LogP contribution in [0, 0.1) is 0 Å². The molecule has 2 aromatic heterocycles. The van der Waals surface area contributed by atoms with Crippen LogP contribution in [0.5, 0.6) is 0 Å². The highest BCUT2D eigenvalue weighted by atomic mass is 35.5. The minimum atomic E-state index is -0.643. The van der Waals surface area contributed by atoms with E-state index >= 15 is 0 Å². The summed E-state index contributed by atoms with van der Waals surface area (Å²) in [6.07, 6.45) is 6.73. The summed E-state index contributed by atoms with van der Waals surface area (Å²) in [5.41, 5.74) is 14.1. The number of carbonyl (C=O) groups excluding carboxylic acids is 1. The van der Waals surface area contributed by atoms with Crippen LogP contribution in [0.2, 0.25) is 5.02 Å². The zero-order chi connectivity index (χ0) is 26.9. The first-order valence-corrected chi connectivity index (χ1v) is 12.8. The van der Waals surface area contributed by atoms with E-state index in [-0.39, 0.29) is 12.1 Å². The van der Waals surface area contributed by atoms with Gasteiger partial charge in [0, 0.05) is 54.2 Å². The molecular formula is C27H29ClN8O2. The molecular weight excluding hydrogens is 504 g/mol. The average Bonchev–Trinajstić information content (AvgIpc) is 3.37. The SMILES string of the molecule is CC(C)(C)OC(=O)N1CCN(C2c3ccc(Cl)cc3C(C(N=[N+]=[N-])c3cnc[nH]3)=Cc3cccnc32)CC1. The molecule has 1 fully saturated rings. The van der Waals surface area contributed by atoms with Crippen LogP contribution in [0.3, 0.4) is 0 Å². The molecule has 0 saturated carbocycles. The number of piperazine rings is 1. The first kappa shape index (κ1) is 25.8. The van der Waals surface area contributed by atoms with Gasteiger partial charge in [0.25, 0.3) is 0 Å². The Labute approximate surface area is 225 Å². The molecule has 38 heavy (non-hydrogen) atoms. The van der Waals surface area contributed by atoms with E-state index in [0.29, 0.717) is 36.9 Å². The van der Waals surface area contributed by atoms with Crippen LogP contribution in [0.4, 0.5) is 4.79 Å². The largest absolute Gasteiger partial charge is 0.444 e. The van der Waals surface area contributed by atoms with Gasteiger partial charge in [-0.15, -0.1) is 0 Å². The predicted molar refractivity (Wildman–Crippen MR) is 145 cm³/mol. The van der Waals surface area contributed by atoms with E-state index in [1.807, 2.05) is 57.2 Å². The molecule has 1 aromatic carbocycles. The van der Waals surface area contributed by atoms with Gasteiger partial charge < -0.3 is 14.6 Å².